The van der Waals surface area contributed by atoms with Crippen molar-refractivity contribution in [2.75, 3.05) is 11.9 Å². The molecular formula is C22H25N3O4S2. The lowest BCUT2D eigenvalue weighted by molar-refractivity contribution is -0.116. The van der Waals surface area contributed by atoms with E-state index in [0.29, 0.717) is 21.8 Å². The molecular weight excluding hydrogens is 434 g/mol. The van der Waals surface area contributed by atoms with Gasteiger partial charge in [0.1, 0.15) is 22.2 Å². The SMILES string of the molecule is CCOC(=O)c1c(NC(=O)Cn2c(C)nc3sc4c(c3c2=O)CCCC4)sc(C)c1C. The van der Waals surface area contributed by atoms with E-state index >= 15 is 0 Å². The fraction of sp³-hybridized carbons (Fsp3) is 0.455. The van der Waals surface area contributed by atoms with Crippen molar-refractivity contribution in [3.8, 4) is 0 Å². The van der Waals surface area contributed by atoms with Crippen LogP contribution in [0.1, 0.15) is 56.8 Å². The maximum absolute atomic E-state index is 13.3. The van der Waals surface area contributed by atoms with E-state index in [9.17, 15) is 14.4 Å². The van der Waals surface area contributed by atoms with E-state index in [2.05, 4.69) is 10.3 Å². The molecule has 0 atom stereocenters. The number of aryl methyl sites for hydroxylation is 4. The van der Waals surface area contributed by atoms with Gasteiger partial charge in [0.2, 0.25) is 5.91 Å². The number of nitrogens with one attached hydrogen (secondary N) is 1. The molecule has 0 bridgehead atoms. The maximum atomic E-state index is 13.3. The third-order valence-corrected chi connectivity index (χ3v) is 7.99. The van der Waals surface area contributed by atoms with Crippen LogP contribution in [0.15, 0.2) is 4.79 Å². The largest absolute Gasteiger partial charge is 0.462 e. The Morgan fingerprint density at radius 3 is 2.65 bits per heavy atom. The van der Waals surface area contributed by atoms with Gasteiger partial charge in [-0.1, -0.05) is 0 Å². The molecule has 31 heavy (non-hydrogen) atoms. The number of nitrogens with zero attached hydrogens (tertiary/aromatic N) is 2. The van der Waals surface area contributed by atoms with Crippen LogP contribution in [0.3, 0.4) is 0 Å². The highest BCUT2D eigenvalue weighted by Gasteiger charge is 2.24. The minimum absolute atomic E-state index is 0.156. The number of ether oxygens (including phenoxy) is 1. The monoisotopic (exact) mass is 459 g/mol. The number of esters is 1. The van der Waals surface area contributed by atoms with Crippen molar-refractivity contribution in [1.29, 1.82) is 0 Å². The fourth-order valence-electron chi connectivity index (χ4n) is 4.00. The molecule has 0 fully saturated rings. The quantitative estimate of drug-likeness (QED) is 0.579. The molecule has 0 unspecified atom stereocenters. The molecule has 1 aliphatic rings. The zero-order chi connectivity index (χ0) is 22.3. The van der Waals surface area contributed by atoms with Crippen LogP contribution in [0.2, 0.25) is 0 Å². The predicted molar refractivity (Wildman–Crippen MR) is 124 cm³/mol. The number of amides is 1. The summed E-state index contributed by atoms with van der Waals surface area (Å²) in [6.45, 7) is 7.31. The Hall–Kier alpha value is -2.52. The van der Waals surface area contributed by atoms with E-state index in [1.54, 1.807) is 25.2 Å². The first-order valence-electron chi connectivity index (χ1n) is 10.4. The summed E-state index contributed by atoms with van der Waals surface area (Å²) in [4.78, 5) is 46.1. The van der Waals surface area contributed by atoms with Gasteiger partial charge in [-0.3, -0.25) is 14.2 Å². The zero-order valence-corrected chi connectivity index (χ0v) is 19.7. The molecule has 0 radical (unpaired) electrons. The molecule has 164 valence electrons. The summed E-state index contributed by atoms with van der Waals surface area (Å²) >= 11 is 2.93. The first-order chi connectivity index (χ1) is 14.8. The Morgan fingerprint density at radius 1 is 1.16 bits per heavy atom. The van der Waals surface area contributed by atoms with Crippen LogP contribution in [-0.2, 0) is 28.9 Å². The molecule has 0 saturated heterocycles. The van der Waals surface area contributed by atoms with Crippen molar-refractivity contribution in [3.05, 3.63) is 42.6 Å². The van der Waals surface area contributed by atoms with E-state index in [0.717, 1.165) is 46.5 Å². The van der Waals surface area contributed by atoms with E-state index in [1.807, 2.05) is 13.8 Å². The summed E-state index contributed by atoms with van der Waals surface area (Å²) in [5, 5.41) is 3.92. The summed E-state index contributed by atoms with van der Waals surface area (Å²) in [5.74, 6) is -0.321. The van der Waals surface area contributed by atoms with Gasteiger partial charge < -0.3 is 10.1 Å². The van der Waals surface area contributed by atoms with Crippen LogP contribution >= 0.6 is 22.7 Å². The second-order valence-corrected chi connectivity index (χ2v) is 10.0. The van der Waals surface area contributed by atoms with Crippen LogP contribution in [-0.4, -0.2) is 28.0 Å². The smallest absolute Gasteiger partial charge is 0.341 e. The van der Waals surface area contributed by atoms with Gasteiger partial charge in [-0.15, -0.1) is 22.7 Å². The fourth-order valence-corrected chi connectivity index (χ4v) is 6.36. The van der Waals surface area contributed by atoms with E-state index in [4.69, 9.17) is 4.74 Å². The number of hydrogen-bond donors (Lipinski definition) is 1. The Bertz CT molecular complexity index is 1250. The zero-order valence-electron chi connectivity index (χ0n) is 18.1. The van der Waals surface area contributed by atoms with Crippen molar-refractivity contribution in [2.24, 2.45) is 0 Å². The molecule has 4 rings (SSSR count). The molecule has 3 aromatic heterocycles. The lowest BCUT2D eigenvalue weighted by Gasteiger charge is -2.12. The highest BCUT2D eigenvalue weighted by atomic mass is 32.1. The molecule has 1 aliphatic carbocycles. The van der Waals surface area contributed by atoms with Gasteiger partial charge in [0.15, 0.2) is 0 Å². The van der Waals surface area contributed by atoms with Gasteiger partial charge >= 0.3 is 5.97 Å². The summed E-state index contributed by atoms with van der Waals surface area (Å²) in [5.41, 5.74) is 2.11. The van der Waals surface area contributed by atoms with Gasteiger partial charge in [-0.25, -0.2) is 9.78 Å². The highest BCUT2D eigenvalue weighted by Crippen LogP contribution is 2.34. The van der Waals surface area contributed by atoms with Crippen LogP contribution in [0, 0.1) is 20.8 Å². The van der Waals surface area contributed by atoms with Crippen molar-refractivity contribution >= 4 is 49.8 Å². The minimum Gasteiger partial charge on any atom is -0.462 e. The van der Waals surface area contributed by atoms with Crippen LogP contribution < -0.4 is 10.9 Å². The standard InChI is InChI=1S/C22H25N3O4S2/c1-5-29-22(28)17-11(2)12(3)30-19(17)24-16(26)10-25-13(4)23-20-18(21(25)27)14-8-6-7-9-15(14)31-20/h5-10H2,1-4H3,(H,24,26). The Morgan fingerprint density at radius 2 is 1.90 bits per heavy atom. The van der Waals surface area contributed by atoms with Gasteiger partial charge in [0, 0.05) is 9.75 Å². The molecule has 0 aromatic carbocycles. The van der Waals surface area contributed by atoms with Gasteiger partial charge in [0.25, 0.3) is 5.56 Å². The molecule has 1 amide bonds. The van der Waals surface area contributed by atoms with Gasteiger partial charge in [-0.05, 0) is 64.5 Å². The molecule has 0 aliphatic heterocycles. The van der Waals surface area contributed by atoms with Gasteiger partial charge in [0.05, 0.1) is 17.6 Å². The van der Waals surface area contributed by atoms with Crippen LogP contribution in [0.4, 0.5) is 5.00 Å². The molecule has 0 saturated carbocycles. The first-order valence-corrected chi connectivity index (χ1v) is 12.0. The third kappa shape index (κ3) is 3.92. The predicted octanol–water partition coefficient (Wildman–Crippen LogP) is 4.14. The molecule has 1 N–H and O–H groups in total. The number of anilines is 1. The third-order valence-electron chi connectivity index (χ3n) is 5.69. The van der Waals surface area contributed by atoms with Gasteiger partial charge in [-0.2, -0.15) is 0 Å². The normalized spacial score (nSPS) is 13.3. The lowest BCUT2D eigenvalue weighted by Crippen LogP contribution is -2.30. The number of thiophene rings is 2. The summed E-state index contributed by atoms with van der Waals surface area (Å²) in [6.07, 6.45) is 4.08. The molecule has 7 nitrogen and oxygen atoms in total. The average molecular weight is 460 g/mol. The van der Waals surface area contributed by atoms with Crippen LogP contribution in [0.5, 0.6) is 0 Å². The Balaban J connectivity index is 1.65. The second kappa shape index (κ2) is 8.55. The van der Waals surface area contributed by atoms with Crippen LogP contribution in [0.25, 0.3) is 10.2 Å². The van der Waals surface area contributed by atoms with Crippen molar-refractivity contribution in [1.82, 2.24) is 9.55 Å². The van der Waals surface area contributed by atoms with Crippen molar-refractivity contribution < 1.29 is 14.3 Å². The number of carbonyl (C=O) groups excluding carboxylic acids is 2. The molecule has 3 aromatic rings. The number of hydrogen-bond acceptors (Lipinski definition) is 7. The average Bonchev–Trinajstić information content (AvgIpc) is 3.22. The Labute approximate surface area is 188 Å². The van der Waals surface area contributed by atoms with Crippen molar-refractivity contribution in [3.63, 3.8) is 0 Å². The van der Waals surface area contributed by atoms with Crippen molar-refractivity contribution in [2.45, 2.75) is 59.9 Å². The summed E-state index contributed by atoms with van der Waals surface area (Å²) in [7, 11) is 0. The number of fused-ring (bicyclic) bond motifs is 3. The number of carbonyl (C=O) groups is 2. The summed E-state index contributed by atoms with van der Waals surface area (Å²) in [6, 6.07) is 0. The molecule has 0 spiro atoms. The van der Waals surface area contributed by atoms with E-state index in [1.165, 1.54) is 20.8 Å². The minimum atomic E-state index is -0.457. The topological polar surface area (TPSA) is 90.3 Å². The lowest BCUT2D eigenvalue weighted by atomic mass is 9.97. The summed E-state index contributed by atoms with van der Waals surface area (Å²) < 4.78 is 6.57. The second-order valence-electron chi connectivity index (χ2n) is 7.70. The van der Waals surface area contributed by atoms with E-state index in [-0.39, 0.29) is 24.6 Å². The first kappa shape index (κ1) is 21.7. The molecule has 9 heteroatoms. The molecule has 3 heterocycles. The maximum Gasteiger partial charge on any atom is 0.341 e. The Kier molecular flexibility index (Phi) is 5.98. The highest BCUT2D eigenvalue weighted by molar-refractivity contribution is 7.18. The van der Waals surface area contributed by atoms with E-state index < -0.39 is 5.97 Å². The number of rotatable bonds is 5. The number of aromatic nitrogens is 2.